The molecule has 174 valence electrons. The number of nitrogens with two attached hydrogens (primary N) is 1. The summed E-state index contributed by atoms with van der Waals surface area (Å²) in [6.45, 7) is -1.06. The number of ether oxygens (including phenoxy) is 1. The largest absolute Gasteiger partial charge is 2.00 e. The first kappa shape index (κ1) is 27.6. The van der Waals surface area contributed by atoms with Crippen molar-refractivity contribution in [1.29, 1.82) is 0 Å². The Morgan fingerprint density at radius 1 is 1.06 bits per heavy atom. The molecule has 32 heavy (non-hydrogen) atoms. The topological polar surface area (TPSA) is 285 Å². The maximum absolute atomic E-state index is 12.4. The van der Waals surface area contributed by atoms with Gasteiger partial charge in [0.1, 0.15) is 18.1 Å². The monoisotopic (exact) mass is 529 g/mol. The number of phosphoric acid groups is 3. The van der Waals surface area contributed by atoms with Gasteiger partial charge in [0.15, 0.2) is 11.5 Å². The van der Waals surface area contributed by atoms with Gasteiger partial charge in [-0.1, -0.05) is 6.10 Å². The number of nitrogen functional groups attached to an aromatic ring is 1. The van der Waals surface area contributed by atoms with Gasteiger partial charge in [0.05, 0.1) is 19.0 Å². The number of phosphoric ester groups is 1. The van der Waals surface area contributed by atoms with Crippen molar-refractivity contribution in [2.45, 2.75) is 24.5 Å². The van der Waals surface area contributed by atoms with Gasteiger partial charge in [0, 0.05) is 0 Å². The van der Waals surface area contributed by atoms with E-state index in [-0.39, 0.29) is 40.0 Å². The summed E-state index contributed by atoms with van der Waals surface area (Å²) in [7, 11) is -16.8. The molecule has 0 spiro atoms. The van der Waals surface area contributed by atoms with E-state index in [4.69, 9.17) is 25.2 Å². The summed E-state index contributed by atoms with van der Waals surface area (Å²) in [5, 5.41) is 24.6. The van der Waals surface area contributed by atoms with Crippen molar-refractivity contribution in [3.8, 4) is 0 Å². The Labute approximate surface area is 193 Å². The predicted molar refractivity (Wildman–Crippen MR) is 96.8 cm³/mol. The molecule has 3 rings (SSSR count). The van der Waals surface area contributed by atoms with Gasteiger partial charge in [-0.2, -0.15) is 8.62 Å². The number of rotatable bonds is 8. The van der Waals surface area contributed by atoms with Crippen LogP contribution >= 0.6 is 23.5 Å². The number of hydrogen-bond donors (Lipinski definition) is 5. The van der Waals surface area contributed by atoms with Gasteiger partial charge in [-0.15, -0.1) is 6.10 Å². The normalized spacial score (nSPS) is 27.6. The number of imidazole rings is 1. The minimum atomic E-state index is -5.73. The van der Waals surface area contributed by atoms with Crippen LogP contribution < -0.4 is 15.9 Å². The van der Waals surface area contributed by atoms with Crippen molar-refractivity contribution in [2.75, 3.05) is 12.3 Å². The molecule has 1 aliphatic rings. The number of hydrogen-bond acceptors (Lipinski definition) is 13. The van der Waals surface area contributed by atoms with E-state index in [1.807, 2.05) is 0 Å². The molecule has 0 bridgehead atoms. The number of nitrogens with zero attached hydrogens (tertiary/aromatic N) is 4. The Bertz CT molecular complexity index is 1110. The van der Waals surface area contributed by atoms with Crippen molar-refractivity contribution in [2.24, 2.45) is 0 Å². The van der Waals surface area contributed by atoms with Gasteiger partial charge in [0.25, 0.3) is 0 Å². The first-order valence-electron chi connectivity index (χ1n) is 7.87. The zero-order valence-corrected chi connectivity index (χ0v) is 19.6. The Morgan fingerprint density at radius 3 is 2.34 bits per heavy atom. The summed E-state index contributed by atoms with van der Waals surface area (Å²) in [4.78, 5) is 47.0. The molecule has 18 nitrogen and oxygen atoms in total. The molecule has 1 aliphatic heterocycles. The molecule has 6 N–H and O–H groups in total. The first-order chi connectivity index (χ1) is 14.2. The zero-order chi connectivity index (χ0) is 23.2. The molecule has 6 unspecified atom stereocenters. The molecule has 0 aliphatic carbocycles. The standard InChI is InChI=1S/C10H14N5O13P3.Mg/c11-8-5-9(13-2-12-8)15(3-14-5)10-7(17)6(16)4(26-10)1-25-30(21,22)28-31(23,24)27-29(18,19)20;/h2-4,6-7,10H,1H2,(H,21,22)(H,23,24)(H2,11,12,13)(H2,18,19,20);/q-2;+2. The molecule has 0 saturated carbocycles. The van der Waals surface area contributed by atoms with E-state index in [1.165, 1.54) is 0 Å². The van der Waals surface area contributed by atoms with Crippen molar-refractivity contribution in [3.63, 3.8) is 0 Å². The third-order valence-corrected chi connectivity index (χ3v) is 7.57. The average molecular weight is 529 g/mol. The van der Waals surface area contributed by atoms with Gasteiger partial charge < -0.3 is 40.3 Å². The predicted octanol–water partition coefficient (Wildman–Crippen LogP) is -3.27. The molecule has 22 heteroatoms. The second-order valence-corrected chi connectivity index (χ2v) is 10.4. The SMILES string of the molecule is Nc1ncnc2c1ncn2C1OC(COP(=O)(O)OP(=O)(O)OP(=O)(O)O)C([O-])C1[O-].[Mg+2]. The van der Waals surface area contributed by atoms with Crippen LogP contribution in [0.15, 0.2) is 12.7 Å². The van der Waals surface area contributed by atoms with E-state index in [0.717, 1.165) is 17.2 Å². The molecular weight excluding hydrogens is 515 g/mol. The second-order valence-electron chi connectivity index (χ2n) is 5.96. The summed E-state index contributed by atoms with van der Waals surface area (Å²) < 4.78 is 51.5. The molecule has 0 amide bonds. The molecule has 0 radical (unpaired) electrons. The van der Waals surface area contributed by atoms with Crippen molar-refractivity contribution >= 4 is 63.5 Å². The summed E-state index contributed by atoms with van der Waals surface area (Å²) in [6, 6.07) is 0. The van der Waals surface area contributed by atoms with E-state index in [2.05, 4.69) is 28.1 Å². The van der Waals surface area contributed by atoms with E-state index < -0.39 is 54.6 Å². The van der Waals surface area contributed by atoms with Gasteiger partial charge >= 0.3 is 46.5 Å². The van der Waals surface area contributed by atoms with Gasteiger partial charge in [-0.25, -0.2) is 28.6 Å². The van der Waals surface area contributed by atoms with E-state index in [0.29, 0.717) is 0 Å². The quantitative estimate of drug-likeness (QED) is 0.165. The van der Waals surface area contributed by atoms with Crippen molar-refractivity contribution in [3.05, 3.63) is 12.7 Å². The Hall–Kier alpha value is -0.594. The summed E-state index contributed by atoms with van der Waals surface area (Å²) in [5.74, 6) is 0.00655. The summed E-state index contributed by atoms with van der Waals surface area (Å²) in [5.41, 5.74) is 5.86. The molecule has 6 atom stereocenters. The maximum Gasteiger partial charge on any atom is 2.00 e. The van der Waals surface area contributed by atoms with Gasteiger partial charge in [0.2, 0.25) is 0 Å². The van der Waals surface area contributed by atoms with Crippen LogP contribution in [-0.4, -0.2) is 87.1 Å². The van der Waals surface area contributed by atoms with Crippen LogP contribution in [0.3, 0.4) is 0 Å². The van der Waals surface area contributed by atoms with Crippen LogP contribution in [0.5, 0.6) is 0 Å². The fourth-order valence-corrected chi connectivity index (χ4v) is 5.62. The third kappa shape index (κ3) is 6.50. The van der Waals surface area contributed by atoms with Crippen LogP contribution in [0.2, 0.25) is 0 Å². The summed E-state index contributed by atoms with van der Waals surface area (Å²) in [6.07, 6.45) is -4.86. The van der Waals surface area contributed by atoms with Gasteiger partial charge in [-0.05, 0) is 0 Å². The Balaban J connectivity index is 0.00000363. The van der Waals surface area contributed by atoms with E-state index >= 15 is 0 Å². The molecule has 3 heterocycles. The van der Waals surface area contributed by atoms with Crippen molar-refractivity contribution < 1.29 is 61.4 Å². The van der Waals surface area contributed by atoms with Crippen LogP contribution in [0.4, 0.5) is 5.82 Å². The van der Waals surface area contributed by atoms with Crippen LogP contribution in [0.1, 0.15) is 6.23 Å². The van der Waals surface area contributed by atoms with Crippen LogP contribution in [-0.2, 0) is 31.6 Å². The fourth-order valence-electron chi connectivity index (χ4n) is 2.59. The number of fused-ring (bicyclic) bond motifs is 1. The van der Waals surface area contributed by atoms with Crippen LogP contribution in [0.25, 0.3) is 11.2 Å². The number of anilines is 1. The fraction of sp³-hybridized carbons (Fsp3) is 0.500. The first-order valence-corrected chi connectivity index (χ1v) is 12.4. The molecule has 2 aromatic heterocycles. The van der Waals surface area contributed by atoms with E-state index in [1.54, 1.807) is 0 Å². The molecule has 1 saturated heterocycles. The van der Waals surface area contributed by atoms with Crippen molar-refractivity contribution in [1.82, 2.24) is 19.5 Å². The smallest absolute Gasteiger partial charge is 0.851 e. The molecule has 0 aromatic carbocycles. The zero-order valence-electron chi connectivity index (χ0n) is 15.5. The molecular formula is C10H14MgN5O13P3. The Morgan fingerprint density at radius 2 is 1.72 bits per heavy atom. The molecule has 2 aromatic rings. The average Bonchev–Trinajstić information content (AvgIpc) is 3.13. The second kappa shape index (κ2) is 9.95. The Kier molecular flexibility index (Phi) is 8.60. The third-order valence-electron chi connectivity index (χ3n) is 3.76. The number of aromatic nitrogens is 4. The van der Waals surface area contributed by atoms with E-state index in [9.17, 15) is 28.8 Å². The van der Waals surface area contributed by atoms with Gasteiger partial charge in [-0.3, -0.25) is 9.09 Å². The summed E-state index contributed by atoms with van der Waals surface area (Å²) >= 11 is 0. The minimum Gasteiger partial charge on any atom is -0.851 e. The minimum absolute atomic E-state index is 0. The maximum atomic E-state index is 12.4. The molecule has 1 fully saturated rings. The van der Waals surface area contributed by atoms with Crippen LogP contribution in [0, 0.1) is 0 Å².